The Morgan fingerprint density at radius 3 is 2.70 bits per heavy atom. The smallest absolute Gasteiger partial charge is 0.250 e. The molecular weight excluding hydrogens is 400 g/mol. The molecule has 0 aliphatic carbocycles. The van der Waals surface area contributed by atoms with Crippen molar-refractivity contribution in [3.63, 3.8) is 0 Å². The molecule has 1 saturated heterocycles. The highest BCUT2D eigenvalue weighted by Gasteiger charge is 2.13. The number of benzene rings is 1. The van der Waals surface area contributed by atoms with E-state index < -0.39 is 0 Å². The molecule has 0 atom stereocenters. The molecule has 0 bridgehead atoms. The first-order valence-electron chi connectivity index (χ1n) is 9.84. The number of nitrogens with zero attached hydrogens (tertiary/aromatic N) is 5. The highest BCUT2D eigenvalue weighted by atomic mass is 32.2. The van der Waals surface area contributed by atoms with E-state index in [1.165, 1.54) is 0 Å². The van der Waals surface area contributed by atoms with Crippen molar-refractivity contribution in [1.82, 2.24) is 19.7 Å². The number of aromatic nitrogens is 4. The summed E-state index contributed by atoms with van der Waals surface area (Å²) >= 11 is 1.97. The molecule has 4 rings (SSSR count). The van der Waals surface area contributed by atoms with E-state index in [1.54, 1.807) is 24.2 Å². The lowest BCUT2D eigenvalue weighted by molar-refractivity contribution is -0.116. The number of aryl methyl sites for hydroxylation is 1. The Hall–Kier alpha value is -3.07. The average molecular weight is 425 g/mol. The van der Waals surface area contributed by atoms with Gasteiger partial charge in [-0.2, -0.15) is 16.9 Å². The Labute approximate surface area is 179 Å². The molecule has 3 aromatic rings. The minimum Gasteiger partial charge on any atom is -0.496 e. The molecule has 0 spiro atoms. The van der Waals surface area contributed by atoms with E-state index in [4.69, 9.17) is 4.74 Å². The molecule has 1 N–H and O–H groups in total. The fourth-order valence-corrected chi connectivity index (χ4v) is 4.20. The third-order valence-electron chi connectivity index (χ3n) is 4.89. The average Bonchev–Trinajstić information content (AvgIpc) is 3.27. The molecule has 0 saturated carbocycles. The van der Waals surface area contributed by atoms with Gasteiger partial charge in [0, 0.05) is 31.0 Å². The van der Waals surface area contributed by atoms with Crippen LogP contribution in [0.5, 0.6) is 5.75 Å². The fraction of sp³-hybridized carbons (Fsp3) is 0.333. The zero-order chi connectivity index (χ0) is 20.8. The number of methoxy groups -OCH3 is 1. The number of rotatable bonds is 7. The predicted molar refractivity (Wildman–Crippen MR) is 119 cm³/mol. The van der Waals surface area contributed by atoms with Crippen LogP contribution in [0.15, 0.2) is 49.1 Å². The van der Waals surface area contributed by atoms with Crippen molar-refractivity contribution in [2.75, 3.05) is 41.9 Å². The van der Waals surface area contributed by atoms with Gasteiger partial charge in [0.2, 0.25) is 5.91 Å². The van der Waals surface area contributed by atoms with Crippen molar-refractivity contribution in [3.05, 3.63) is 54.6 Å². The van der Waals surface area contributed by atoms with E-state index in [9.17, 15) is 4.79 Å². The Kier molecular flexibility index (Phi) is 6.48. The molecule has 1 aliphatic heterocycles. The molecule has 9 heteroatoms. The first kappa shape index (κ1) is 20.2. The van der Waals surface area contributed by atoms with Crippen LogP contribution in [-0.2, 0) is 11.2 Å². The van der Waals surface area contributed by atoms with Crippen LogP contribution in [-0.4, -0.2) is 57.4 Å². The van der Waals surface area contributed by atoms with Crippen molar-refractivity contribution in [2.45, 2.75) is 12.8 Å². The summed E-state index contributed by atoms with van der Waals surface area (Å²) in [5.74, 6) is 3.43. The van der Waals surface area contributed by atoms with E-state index in [-0.39, 0.29) is 5.91 Å². The summed E-state index contributed by atoms with van der Waals surface area (Å²) in [5, 5.41) is 7.14. The monoisotopic (exact) mass is 424 g/mol. The molecule has 1 amide bonds. The van der Waals surface area contributed by atoms with Gasteiger partial charge in [-0.3, -0.25) is 4.79 Å². The highest BCUT2D eigenvalue weighted by Crippen LogP contribution is 2.20. The standard InChI is InChI=1S/C21H24N6O2S/c1-29-19-5-3-2-4-16(19)6-7-20(28)25-17-12-24-27(15-17)21-22-13-18(14-23-21)26-8-10-30-11-9-26/h2-5,12-15H,6-11H2,1H3,(H,25,28). The predicted octanol–water partition coefficient (Wildman–Crippen LogP) is 2.80. The SMILES string of the molecule is COc1ccccc1CCC(=O)Nc1cnn(-c2ncc(N3CCSCC3)cn2)c1. The van der Waals surface area contributed by atoms with Gasteiger partial charge in [-0.05, 0) is 18.1 Å². The molecule has 3 heterocycles. The number of carbonyl (C=O) groups is 1. The molecule has 156 valence electrons. The number of para-hydroxylation sites is 1. The van der Waals surface area contributed by atoms with E-state index in [2.05, 4.69) is 25.3 Å². The first-order valence-corrected chi connectivity index (χ1v) is 11.0. The molecule has 2 aromatic heterocycles. The lowest BCUT2D eigenvalue weighted by atomic mass is 10.1. The van der Waals surface area contributed by atoms with Crippen LogP contribution in [0.25, 0.3) is 5.95 Å². The summed E-state index contributed by atoms with van der Waals surface area (Å²) < 4.78 is 6.89. The van der Waals surface area contributed by atoms with Gasteiger partial charge in [-0.1, -0.05) is 18.2 Å². The lowest BCUT2D eigenvalue weighted by Gasteiger charge is -2.27. The summed E-state index contributed by atoms with van der Waals surface area (Å²) in [6, 6.07) is 7.72. The van der Waals surface area contributed by atoms with Crippen LogP contribution in [0.1, 0.15) is 12.0 Å². The van der Waals surface area contributed by atoms with Gasteiger partial charge in [0.15, 0.2) is 0 Å². The van der Waals surface area contributed by atoms with Crippen LogP contribution in [0, 0.1) is 0 Å². The van der Waals surface area contributed by atoms with E-state index in [0.717, 1.165) is 41.6 Å². The van der Waals surface area contributed by atoms with E-state index in [1.807, 2.05) is 48.4 Å². The van der Waals surface area contributed by atoms with E-state index >= 15 is 0 Å². The second-order valence-corrected chi connectivity index (χ2v) is 8.10. The molecular formula is C21H24N6O2S. The number of amides is 1. The van der Waals surface area contributed by atoms with Crippen molar-refractivity contribution in [3.8, 4) is 11.7 Å². The molecule has 0 radical (unpaired) electrons. The van der Waals surface area contributed by atoms with Crippen molar-refractivity contribution in [2.24, 2.45) is 0 Å². The number of thioether (sulfide) groups is 1. The third kappa shape index (κ3) is 4.91. The van der Waals surface area contributed by atoms with Gasteiger partial charge in [-0.15, -0.1) is 0 Å². The Morgan fingerprint density at radius 2 is 1.93 bits per heavy atom. The maximum absolute atomic E-state index is 12.3. The summed E-state index contributed by atoms with van der Waals surface area (Å²) in [4.78, 5) is 23.5. The van der Waals surface area contributed by atoms with Gasteiger partial charge >= 0.3 is 0 Å². The normalized spacial score (nSPS) is 13.8. The second-order valence-electron chi connectivity index (χ2n) is 6.87. The zero-order valence-corrected chi connectivity index (χ0v) is 17.6. The number of carbonyl (C=O) groups excluding carboxylic acids is 1. The molecule has 30 heavy (non-hydrogen) atoms. The van der Waals surface area contributed by atoms with Gasteiger partial charge in [0.25, 0.3) is 5.95 Å². The number of anilines is 2. The van der Waals surface area contributed by atoms with Crippen LogP contribution < -0.4 is 15.0 Å². The molecule has 1 aromatic carbocycles. The van der Waals surface area contributed by atoms with E-state index in [0.29, 0.717) is 24.5 Å². The number of nitrogens with one attached hydrogen (secondary N) is 1. The number of hydrogen-bond donors (Lipinski definition) is 1. The number of ether oxygens (including phenoxy) is 1. The second kappa shape index (κ2) is 9.62. The van der Waals surface area contributed by atoms with Gasteiger partial charge in [-0.25, -0.2) is 14.6 Å². The maximum Gasteiger partial charge on any atom is 0.250 e. The summed E-state index contributed by atoms with van der Waals surface area (Å²) in [5.41, 5.74) is 2.64. The Bertz CT molecular complexity index is 985. The number of hydrogen-bond acceptors (Lipinski definition) is 7. The topological polar surface area (TPSA) is 85.2 Å². The first-order chi connectivity index (χ1) is 14.7. The summed E-state index contributed by atoms with van der Waals surface area (Å²) in [7, 11) is 1.63. The Balaban J connectivity index is 1.34. The zero-order valence-electron chi connectivity index (χ0n) is 16.8. The summed E-state index contributed by atoms with van der Waals surface area (Å²) in [6.07, 6.45) is 7.92. The molecule has 1 aliphatic rings. The highest BCUT2D eigenvalue weighted by molar-refractivity contribution is 7.99. The molecule has 1 fully saturated rings. The minimum atomic E-state index is -0.0836. The van der Waals surface area contributed by atoms with Gasteiger partial charge < -0.3 is 15.0 Å². The summed E-state index contributed by atoms with van der Waals surface area (Å²) in [6.45, 7) is 2.03. The maximum atomic E-state index is 12.3. The van der Waals surface area contributed by atoms with Crippen molar-refractivity contribution in [1.29, 1.82) is 0 Å². The van der Waals surface area contributed by atoms with Gasteiger partial charge in [0.05, 0.1) is 43.3 Å². The van der Waals surface area contributed by atoms with Crippen LogP contribution in [0.3, 0.4) is 0 Å². The fourth-order valence-electron chi connectivity index (χ4n) is 3.30. The third-order valence-corrected chi connectivity index (χ3v) is 5.83. The van der Waals surface area contributed by atoms with Crippen LogP contribution >= 0.6 is 11.8 Å². The largest absolute Gasteiger partial charge is 0.496 e. The quantitative estimate of drug-likeness (QED) is 0.624. The Morgan fingerprint density at radius 1 is 1.17 bits per heavy atom. The van der Waals surface area contributed by atoms with Crippen LogP contribution in [0.2, 0.25) is 0 Å². The van der Waals surface area contributed by atoms with Gasteiger partial charge in [0.1, 0.15) is 5.75 Å². The van der Waals surface area contributed by atoms with Crippen molar-refractivity contribution < 1.29 is 9.53 Å². The molecule has 8 nitrogen and oxygen atoms in total. The lowest BCUT2D eigenvalue weighted by Crippen LogP contribution is -2.32. The van der Waals surface area contributed by atoms with Crippen LogP contribution in [0.4, 0.5) is 11.4 Å². The van der Waals surface area contributed by atoms with Crippen molar-refractivity contribution >= 4 is 29.0 Å². The molecule has 0 unspecified atom stereocenters. The minimum absolute atomic E-state index is 0.0836.